The molecule has 5 heteroatoms. The van der Waals surface area contributed by atoms with Crippen LogP contribution in [-0.2, 0) is 0 Å². The zero-order valence-corrected chi connectivity index (χ0v) is 15.3. The van der Waals surface area contributed by atoms with Crippen LogP contribution in [0.2, 0.25) is 0 Å². The van der Waals surface area contributed by atoms with E-state index in [1.54, 1.807) is 18.3 Å². The van der Waals surface area contributed by atoms with Crippen molar-refractivity contribution in [1.29, 1.82) is 0 Å². The van der Waals surface area contributed by atoms with Gasteiger partial charge < -0.3 is 10.6 Å². The standard InChI is InChI=1S/C20H18BrN3O/c1-14(15-6-3-2-4-7-15)23-19-12-16(10-11-22-19)20(25)24-18-9-5-8-17(21)13-18/h2-14H,1H3,(H,22,23)(H,24,25). The predicted molar refractivity (Wildman–Crippen MR) is 105 cm³/mol. The largest absolute Gasteiger partial charge is 0.364 e. The molecule has 1 atom stereocenters. The summed E-state index contributed by atoms with van der Waals surface area (Å²) in [6, 6.07) is 21.2. The van der Waals surface area contributed by atoms with E-state index >= 15 is 0 Å². The van der Waals surface area contributed by atoms with Gasteiger partial charge in [-0.2, -0.15) is 0 Å². The number of hydrogen-bond acceptors (Lipinski definition) is 3. The van der Waals surface area contributed by atoms with Gasteiger partial charge in [0.1, 0.15) is 5.82 Å². The van der Waals surface area contributed by atoms with Gasteiger partial charge >= 0.3 is 0 Å². The first kappa shape index (κ1) is 17.2. The third-order valence-electron chi connectivity index (χ3n) is 3.77. The second-order valence-electron chi connectivity index (χ2n) is 5.67. The summed E-state index contributed by atoms with van der Waals surface area (Å²) in [5, 5.41) is 6.21. The first-order valence-electron chi connectivity index (χ1n) is 7.96. The molecule has 25 heavy (non-hydrogen) atoms. The Hall–Kier alpha value is -2.66. The average molecular weight is 396 g/mol. The zero-order chi connectivity index (χ0) is 17.6. The van der Waals surface area contributed by atoms with Crippen LogP contribution in [-0.4, -0.2) is 10.9 Å². The molecule has 126 valence electrons. The van der Waals surface area contributed by atoms with Crippen molar-refractivity contribution in [1.82, 2.24) is 4.98 Å². The molecule has 3 aromatic rings. The summed E-state index contributed by atoms with van der Waals surface area (Å²) in [4.78, 5) is 16.8. The maximum absolute atomic E-state index is 12.5. The van der Waals surface area contributed by atoms with E-state index < -0.39 is 0 Å². The van der Waals surface area contributed by atoms with Crippen LogP contribution in [0.3, 0.4) is 0 Å². The van der Waals surface area contributed by atoms with Crippen LogP contribution in [0, 0.1) is 0 Å². The molecular formula is C20H18BrN3O. The van der Waals surface area contributed by atoms with E-state index in [2.05, 4.69) is 50.6 Å². The fraction of sp³-hybridized carbons (Fsp3) is 0.100. The summed E-state index contributed by atoms with van der Waals surface area (Å²) in [5.41, 5.74) is 2.45. The lowest BCUT2D eigenvalue weighted by Gasteiger charge is -2.15. The number of rotatable bonds is 5. The van der Waals surface area contributed by atoms with E-state index in [-0.39, 0.29) is 11.9 Å². The molecule has 0 radical (unpaired) electrons. The topological polar surface area (TPSA) is 54.0 Å². The predicted octanol–water partition coefficient (Wildman–Crippen LogP) is 5.27. The Morgan fingerprint density at radius 1 is 1.04 bits per heavy atom. The van der Waals surface area contributed by atoms with Gasteiger partial charge in [0, 0.05) is 28.0 Å². The molecule has 3 rings (SSSR count). The summed E-state index contributed by atoms with van der Waals surface area (Å²) in [5.74, 6) is 0.495. The molecule has 1 heterocycles. The Labute approximate surface area is 155 Å². The highest BCUT2D eigenvalue weighted by atomic mass is 79.9. The molecule has 1 aromatic heterocycles. The minimum atomic E-state index is -0.170. The van der Waals surface area contributed by atoms with E-state index in [0.717, 1.165) is 15.7 Å². The van der Waals surface area contributed by atoms with E-state index in [0.29, 0.717) is 11.4 Å². The molecule has 0 spiro atoms. The Balaban J connectivity index is 1.71. The number of nitrogens with zero attached hydrogens (tertiary/aromatic N) is 1. The normalized spacial score (nSPS) is 11.6. The van der Waals surface area contributed by atoms with E-state index in [9.17, 15) is 4.79 Å². The van der Waals surface area contributed by atoms with E-state index in [1.807, 2.05) is 42.5 Å². The van der Waals surface area contributed by atoms with Crippen LogP contribution in [0.1, 0.15) is 28.9 Å². The minimum absolute atomic E-state index is 0.0945. The van der Waals surface area contributed by atoms with Gasteiger partial charge in [0.05, 0.1) is 0 Å². The first-order chi connectivity index (χ1) is 12.1. The van der Waals surface area contributed by atoms with Crippen LogP contribution in [0.15, 0.2) is 77.4 Å². The molecule has 0 saturated heterocycles. The summed E-state index contributed by atoms with van der Waals surface area (Å²) in [7, 11) is 0. The smallest absolute Gasteiger partial charge is 0.255 e. The van der Waals surface area contributed by atoms with Gasteiger partial charge in [0.25, 0.3) is 5.91 Å². The monoisotopic (exact) mass is 395 g/mol. The lowest BCUT2D eigenvalue weighted by molar-refractivity contribution is 0.102. The van der Waals surface area contributed by atoms with Gasteiger partial charge in [-0.25, -0.2) is 4.98 Å². The molecule has 0 aliphatic heterocycles. The van der Waals surface area contributed by atoms with Crippen molar-refractivity contribution >= 4 is 33.3 Å². The lowest BCUT2D eigenvalue weighted by Crippen LogP contribution is -2.13. The molecule has 2 N–H and O–H groups in total. The number of carbonyl (C=O) groups excluding carboxylic acids is 1. The molecule has 2 aromatic carbocycles. The average Bonchev–Trinajstić information content (AvgIpc) is 2.62. The number of anilines is 2. The highest BCUT2D eigenvalue weighted by Gasteiger charge is 2.10. The van der Waals surface area contributed by atoms with Crippen LogP contribution in [0.25, 0.3) is 0 Å². The Morgan fingerprint density at radius 2 is 1.84 bits per heavy atom. The van der Waals surface area contributed by atoms with Crippen molar-refractivity contribution in [3.05, 3.63) is 88.5 Å². The third kappa shape index (κ3) is 4.67. The maximum atomic E-state index is 12.5. The molecule has 1 unspecified atom stereocenters. The maximum Gasteiger partial charge on any atom is 0.255 e. The van der Waals surface area contributed by atoms with Crippen molar-refractivity contribution in [3.8, 4) is 0 Å². The van der Waals surface area contributed by atoms with Crippen LogP contribution in [0.5, 0.6) is 0 Å². The van der Waals surface area contributed by atoms with Crippen molar-refractivity contribution in [3.63, 3.8) is 0 Å². The van der Waals surface area contributed by atoms with Gasteiger partial charge in [-0.15, -0.1) is 0 Å². The van der Waals surface area contributed by atoms with Crippen LogP contribution in [0.4, 0.5) is 11.5 Å². The van der Waals surface area contributed by atoms with Crippen LogP contribution < -0.4 is 10.6 Å². The van der Waals surface area contributed by atoms with Gasteiger partial charge in [0.15, 0.2) is 0 Å². The number of amides is 1. The van der Waals surface area contributed by atoms with Gasteiger partial charge in [-0.05, 0) is 42.8 Å². The van der Waals surface area contributed by atoms with Crippen molar-refractivity contribution in [2.24, 2.45) is 0 Å². The number of nitrogens with one attached hydrogen (secondary N) is 2. The number of hydrogen-bond donors (Lipinski definition) is 2. The van der Waals surface area contributed by atoms with E-state index in [4.69, 9.17) is 0 Å². The molecule has 1 amide bonds. The first-order valence-corrected chi connectivity index (χ1v) is 8.75. The Morgan fingerprint density at radius 3 is 2.60 bits per heavy atom. The molecule has 0 aliphatic rings. The quantitative estimate of drug-likeness (QED) is 0.618. The number of aromatic nitrogens is 1. The molecule has 0 bridgehead atoms. The second kappa shape index (κ2) is 7.94. The lowest BCUT2D eigenvalue weighted by atomic mass is 10.1. The molecule has 0 fully saturated rings. The summed E-state index contributed by atoms with van der Waals surface area (Å²) in [6.45, 7) is 2.06. The molecule has 0 aliphatic carbocycles. The van der Waals surface area contributed by atoms with Crippen molar-refractivity contribution < 1.29 is 4.79 Å². The minimum Gasteiger partial charge on any atom is -0.364 e. The summed E-state index contributed by atoms with van der Waals surface area (Å²) < 4.78 is 0.916. The fourth-order valence-corrected chi connectivity index (χ4v) is 2.87. The van der Waals surface area contributed by atoms with Gasteiger partial charge in [-0.3, -0.25) is 4.79 Å². The second-order valence-corrected chi connectivity index (χ2v) is 6.59. The fourth-order valence-electron chi connectivity index (χ4n) is 2.47. The zero-order valence-electron chi connectivity index (χ0n) is 13.7. The summed E-state index contributed by atoms with van der Waals surface area (Å²) >= 11 is 3.40. The van der Waals surface area contributed by atoms with Gasteiger partial charge in [0.2, 0.25) is 0 Å². The summed E-state index contributed by atoms with van der Waals surface area (Å²) in [6.07, 6.45) is 1.63. The van der Waals surface area contributed by atoms with Crippen LogP contribution >= 0.6 is 15.9 Å². The highest BCUT2D eigenvalue weighted by molar-refractivity contribution is 9.10. The van der Waals surface area contributed by atoms with E-state index in [1.165, 1.54) is 0 Å². The third-order valence-corrected chi connectivity index (χ3v) is 4.26. The number of benzene rings is 2. The van der Waals surface area contributed by atoms with Crippen molar-refractivity contribution in [2.45, 2.75) is 13.0 Å². The van der Waals surface area contributed by atoms with Gasteiger partial charge in [-0.1, -0.05) is 52.3 Å². The SMILES string of the molecule is CC(Nc1cc(C(=O)Nc2cccc(Br)c2)ccn1)c1ccccc1. The number of pyridine rings is 1. The number of halogens is 1. The molecule has 0 saturated carbocycles. The Bertz CT molecular complexity index is 868. The molecule has 4 nitrogen and oxygen atoms in total. The van der Waals surface area contributed by atoms with Crippen molar-refractivity contribution in [2.75, 3.05) is 10.6 Å². The highest BCUT2D eigenvalue weighted by Crippen LogP contribution is 2.19. The number of carbonyl (C=O) groups is 1. The molecular weight excluding hydrogens is 378 g/mol. The Kier molecular flexibility index (Phi) is 5.46.